The van der Waals surface area contributed by atoms with Crippen molar-refractivity contribution in [3.8, 4) is 23.0 Å². The van der Waals surface area contributed by atoms with Crippen LogP contribution in [0.4, 0.5) is 0 Å². The monoisotopic (exact) mass is 1180 g/mol. The number of nitrogens with zero attached hydrogens (tertiary/aromatic N) is 5. The standard InChI is InChI=1S/C63H84N6O16/c1-40-56(73)64-53(41-22-14-13-15-23-41)59(76)67(9)48(37-84-62(2,3)4)58(75)68-33-21-27-46(68)57(74)65(7)31-18-17-28-52(71)83-39-63(5,6)55(72)60(77)69-32-19-16-26-47(69)61(78)85-49(42-24-20-25-44(34-42)82-38-51(70)66(40)8)30-29-43-35-45(79-10)36-50(80-11)54(43)81-12/h13-15,17,20,22-25,28,34-36,40,46-49,53H,16,18-19,21,26-27,29-33,37-39H2,1-12H3,(H,64,73)/b28-17-/t40-,46-,47-,48-,49+,53?/m0/s1. The van der Waals surface area contributed by atoms with Crippen LogP contribution in [0.3, 0.4) is 0 Å². The Morgan fingerprint density at radius 3 is 2.09 bits per heavy atom. The molecule has 3 aromatic carbocycles. The summed E-state index contributed by atoms with van der Waals surface area (Å²) in [6, 6.07) is 12.8. The number of ether oxygens (including phenoxy) is 7. The number of carbonyl (C=O) groups is 9. The number of amides is 6. The Morgan fingerprint density at radius 2 is 1.41 bits per heavy atom. The van der Waals surface area contributed by atoms with Gasteiger partial charge in [-0.3, -0.25) is 33.6 Å². The first kappa shape index (κ1) is 66.1. The topological polar surface area (TPSA) is 246 Å². The van der Waals surface area contributed by atoms with Crippen molar-refractivity contribution >= 4 is 53.2 Å². The van der Waals surface area contributed by atoms with Gasteiger partial charge >= 0.3 is 11.9 Å². The van der Waals surface area contributed by atoms with Crippen molar-refractivity contribution in [2.75, 3.05) is 81.9 Å². The van der Waals surface area contributed by atoms with Crippen LogP contribution >= 0.6 is 0 Å². The lowest BCUT2D eigenvalue weighted by Gasteiger charge is -2.37. The van der Waals surface area contributed by atoms with E-state index in [9.17, 15) is 43.2 Å². The lowest BCUT2D eigenvalue weighted by Crippen LogP contribution is -2.58. The predicted molar refractivity (Wildman–Crippen MR) is 312 cm³/mol. The van der Waals surface area contributed by atoms with Gasteiger partial charge < -0.3 is 63.0 Å². The first-order valence-corrected chi connectivity index (χ1v) is 28.8. The molecular formula is C63H84N6O16. The van der Waals surface area contributed by atoms with E-state index < -0.39 is 108 Å². The van der Waals surface area contributed by atoms with Crippen molar-refractivity contribution in [1.82, 2.24) is 29.8 Å². The molecule has 22 heteroatoms. The molecule has 0 radical (unpaired) electrons. The van der Waals surface area contributed by atoms with Crippen molar-refractivity contribution in [1.29, 1.82) is 0 Å². The molecule has 0 spiro atoms. The highest BCUT2D eigenvalue weighted by atomic mass is 16.5. The van der Waals surface area contributed by atoms with E-state index in [-0.39, 0.29) is 63.6 Å². The van der Waals surface area contributed by atoms with Crippen LogP contribution in [0.25, 0.3) is 0 Å². The van der Waals surface area contributed by atoms with Gasteiger partial charge in [0.25, 0.3) is 11.8 Å². The Hall–Kier alpha value is -8.01. The lowest BCUT2D eigenvalue weighted by atomic mass is 9.87. The van der Waals surface area contributed by atoms with Gasteiger partial charge in [0.05, 0.1) is 39.0 Å². The molecule has 0 aromatic heterocycles. The summed E-state index contributed by atoms with van der Waals surface area (Å²) >= 11 is 0. The van der Waals surface area contributed by atoms with E-state index in [1.807, 2.05) is 0 Å². The van der Waals surface area contributed by atoms with Crippen LogP contribution in [0, 0.1) is 5.41 Å². The van der Waals surface area contributed by atoms with E-state index >= 15 is 0 Å². The Morgan fingerprint density at radius 1 is 0.718 bits per heavy atom. The second kappa shape index (κ2) is 29.7. The summed E-state index contributed by atoms with van der Waals surface area (Å²) in [5.41, 5.74) is -0.728. The number of Topliss-reactive ketones (excluding diaryl/α,β-unsaturated/α-hetero) is 1. The molecule has 6 amide bonds. The number of likely N-dealkylation sites (N-methyl/N-ethyl adjacent to an activating group) is 3. The van der Waals surface area contributed by atoms with Gasteiger partial charge in [-0.15, -0.1) is 0 Å². The highest BCUT2D eigenvalue weighted by Gasteiger charge is 2.45. The Kier molecular flexibility index (Phi) is 23.1. The van der Waals surface area contributed by atoms with Crippen LogP contribution in [0.2, 0.25) is 0 Å². The third-order valence-corrected chi connectivity index (χ3v) is 15.6. The number of cyclic esters (lactones) is 2. The first-order chi connectivity index (χ1) is 40.3. The average Bonchev–Trinajstić information content (AvgIpc) is 3.36. The fraction of sp³-hybridized carbons (Fsp3) is 0.540. The quantitative estimate of drug-likeness (QED) is 0.203. The number of ketones is 1. The Balaban J connectivity index is 1.34. The molecule has 3 aromatic rings. The molecule has 85 heavy (non-hydrogen) atoms. The average molecular weight is 1180 g/mol. The highest BCUT2D eigenvalue weighted by Crippen LogP contribution is 2.38. The fourth-order valence-corrected chi connectivity index (χ4v) is 10.3. The molecule has 2 saturated heterocycles. The van der Waals surface area contributed by atoms with Crippen molar-refractivity contribution < 1.29 is 76.3 Å². The summed E-state index contributed by atoms with van der Waals surface area (Å²) in [6.07, 6.45) is 4.43. The molecular weight excluding hydrogens is 1100 g/mol. The van der Waals surface area contributed by atoms with Crippen molar-refractivity contribution in [3.05, 3.63) is 95.6 Å². The number of piperidine rings is 1. The van der Waals surface area contributed by atoms with E-state index in [0.29, 0.717) is 59.6 Å². The van der Waals surface area contributed by atoms with Crippen LogP contribution in [-0.4, -0.2) is 189 Å². The van der Waals surface area contributed by atoms with Crippen LogP contribution in [0.5, 0.6) is 23.0 Å². The number of methoxy groups -OCH3 is 3. The van der Waals surface area contributed by atoms with Gasteiger partial charge in [-0.1, -0.05) is 48.5 Å². The van der Waals surface area contributed by atoms with Gasteiger partial charge in [-0.05, 0) is 122 Å². The molecule has 6 atom stereocenters. The fourth-order valence-electron chi connectivity index (χ4n) is 10.3. The van der Waals surface area contributed by atoms with Gasteiger partial charge in [0.1, 0.15) is 54.4 Å². The molecule has 2 fully saturated rings. The van der Waals surface area contributed by atoms with Gasteiger partial charge in [-0.25, -0.2) is 9.59 Å². The summed E-state index contributed by atoms with van der Waals surface area (Å²) in [5.74, 6) is -4.67. The maximum absolute atomic E-state index is 14.9. The molecule has 1 N–H and O–H groups in total. The molecule has 0 aliphatic carbocycles. The highest BCUT2D eigenvalue weighted by molar-refractivity contribution is 6.38. The largest absolute Gasteiger partial charge is 0.497 e. The molecule has 462 valence electrons. The number of hydrogen-bond donors (Lipinski definition) is 1. The van der Waals surface area contributed by atoms with E-state index in [4.69, 9.17) is 33.2 Å². The van der Waals surface area contributed by atoms with Gasteiger partial charge in [-0.2, -0.15) is 0 Å². The number of hydrogen-bond acceptors (Lipinski definition) is 16. The van der Waals surface area contributed by atoms with Crippen molar-refractivity contribution in [2.24, 2.45) is 5.41 Å². The number of fused-ring (bicyclic) bond motifs is 4. The Labute approximate surface area is 498 Å². The predicted octanol–water partition coefficient (Wildman–Crippen LogP) is 5.58. The van der Waals surface area contributed by atoms with Crippen molar-refractivity contribution in [2.45, 2.75) is 135 Å². The normalized spacial score (nSPS) is 23.9. The third-order valence-electron chi connectivity index (χ3n) is 15.6. The van der Waals surface area contributed by atoms with E-state index in [1.165, 1.54) is 92.8 Å². The minimum absolute atomic E-state index is 0.0858. The molecule has 3 aliphatic rings. The molecule has 6 rings (SSSR count). The van der Waals surface area contributed by atoms with Gasteiger partial charge in [0.15, 0.2) is 18.1 Å². The summed E-state index contributed by atoms with van der Waals surface area (Å²) in [5, 5.41) is 2.83. The number of rotatable bonds is 9. The maximum atomic E-state index is 14.9. The second-order valence-corrected chi connectivity index (χ2v) is 23.2. The lowest BCUT2D eigenvalue weighted by molar-refractivity contribution is -0.165. The maximum Gasteiger partial charge on any atom is 0.330 e. The molecule has 22 nitrogen and oxygen atoms in total. The van der Waals surface area contributed by atoms with E-state index in [0.717, 1.165) is 0 Å². The number of benzene rings is 3. The van der Waals surface area contributed by atoms with Crippen molar-refractivity contribution in [3.63, 3.8) is 0 Å². The third kappa shape index (κ3) is 17.1. The zero-order valence-electron chi connectivity index (χ0n) is 51.1. The van der Waals surface area contributed by atoms with Crippen LogP contribution in [0.1, 0.15) is 115 Å². The van der Waals surface area contributed by atoms with E-state index in [1.54, 1.807) is 94.5 Å². The summed E-state index contributed by atoms with van der Waals surface area (Å²) in [7, 11) is 8.96. The van der Waals surface area contributed by atoms with E-state index in [2.05, 4.69) is 5.32 Å². The smallest absolute Gasteiger partial charge is 0.330 e. The zero-order chi connectivity index (χ0) is 62.3. The summed E-state index contributed by atoms with van der Waals surface area (Å²) < 4.78 is 41.0. The first-order valence-electron chi connectivity index (χ1n) is 28.8. The van der Waals surface area contributed by atoms with Crippen LogP contribution in [0.15, 0.2) is 78.9 Å². The Bertz CT molecular complexity index is 2920. The summed E-state index contributed by atoms with van der Waals surface area (Å²) in [6.45, 7) is 9.08. The molecule has 1 unspecified atom stereocenters. The zero-order valence-corrected chi connectivity index (χ0v) is 51.1. The minimum Gasteiger partial charge on any atom is -0.497 e. The van der Waals surface area contributed by atoms with Gasteiger partial charge in [0, 0.05) is 58.5 Å². The number of nitrogens with one attached hydrogen (secondary N) is 1. The van der Waals surface area contributed by atoms with Gasteiger partial charge in [0.2, 0.25) is 29.4 Å². The second-order valence-electron chi connectivity index (χ2n) is 23.2. The number of carbonyl (C=O) groups excluding carboxylic acids is 9. The van der Waals surface area contributed by atoms with Crippen LogP contribution in [-0.2, 0) is 63.8 Å². The molecule has 3 aliphatic heterocycles. The van der Waals surface area contributed by atoms with Crippen LogP contribution < -0.4 is 24.3 Å². The SMILES string of the molecule is COc1cc(CC[C@H]2OC(=O)[C@@H]3CCCCN3C(=O)C(=O)C(C)(C)COC(=O)/C=C\CCN(C)C(=O)[C@@H]3CCCN3C(=O)[C@H](COC(C)(C)C)N(C)C(=O)C(c3ccccc3)NC(=O)[C@H](C)N(C)C(=O)COc3cccc2c3)c(OC)c(OC)c1. The summed E-state index contributed by atoms with van der Waals surface area (Å²) in [4.78, 5) is 135. The molecule has 0 saturated carbocycles. The number of aryl methyl sites for hydroxylation is 1. The number of esters is 2. The molecule has 2 bridgehead atoms. The molecule has 3 heterocycles. The minimum atomic E-state index is -1.51.